The highest BCUT2D eigenvalue weighted by atomic mass is 32.2. The predicted octanol–water partition coefficient (Wildman–Crippen LogP) is 5.55. The van der Waals surface area contributed by atoms with Gasteiger partial charge in [-0.3, -0.25) is 4.72 Å². The summed E-state index contributed by atoms with van der Waals surface area (Å²) in [4.78, 5) is 0.0949. The molecule has 1 aliphatic rings. The number of alkyl halides is 3. The van der Waals surface area contributed by atoms with Gasteiger partial charge in [0.25, 0.3) is 10.0 Å². The second kappa shape index (κ2) is 11.2. The minimum atomic E-state index is -4.52. The van der Waals surface area contributed by atoms with Gasteiger partial charge in [-0.25, -0.2) is 16.8 Å². The van der Waals surface area contributed by atoms with Crippen LogP contribution in [0.4, 0.5) is 29.5 Å². The predicted molar refractivity (Wildman–Crippen MR) is 145 cm³/mol. The van der Waals surface area contributed by atoms with E-state index in [1.165, 1.54) is 27.9 Å². The van der Waals surface area contributed by atoms with Crippen molar-refractivity contribution in [3.63, 3.8) is 0 Å². The minimum absolute atomic E-state index is 0.0124. The van der Waals surface area contributed by atoms with Crippen LogP contribution >= 0.6 is 23.6 Å². The Labute approximate surface area is 228 Å². The number of piperidine rings is 1. The molecule has 0 radical (unpaired) electrons. The Hall–Kier alpha value is -2.72. The van der Waals surface area contributed by atoms with Crippen LogP contribution in [0, 0.1) is 0 Å². The standard InChI is InChI=1S/C23H23F3N4O4S4/c24-23(25,26)16-4-6-18(7-5-16)29-37(31,32)20-14-21(36-15-20)28-22(35)27-17-8-10-19(11-9-17)38(33,34)30-12-2-1-3-13-30/h4-11,14-15,29H,1-3,12-13H2,(H2,27,28,35). The summed E-state index contributed by atoms with van der Waals surface area (Å²) in [6.07, 6.45) is -1.82. The van der Waals surface area contributed by atoms with Crippen molar-refractivity contribution in [2.75, 3.05) is 28.4 Å². The lowest BCUT2D eigenvalue weighted by Gasteiger charge is -2.25. The number of anilines is 3. The highest BCUT2D eigenvalue weighted by Crippen LogP contribution is 2.31. The first kappa shape index (κ1) is 28.3. The molecule has 0 saturated carbocycles. The van der Waals surface area contributed by atoms with Gasteiger partial charge >= 0.3 is 6.18 Å². The van der Waals surface area contributed by atoms with Crippen LogP contribution in [0.5, 0.6) is 0 Å². The molecule has 4 rings (SSSR count). The van der Waals surface area contributed by atoms with Gasteiger partial charge in [-0.05, 0) is 79.7 Å². The number of hydrogen-bond acceptors (Lipinski definition) is 6. The van der Waals surface area contributed by atoms with Crippen molar-refractivity contribution in [3.05, 3.63) is 65.5 Å². The third-order valence-corrected chi connectivity index (χ3v) is 10.1. The van der Waals surface area contributed by atoms with E-state index in [2.05, 4.69) is 15.4 Å². The number of benzene rings is 2. The second-order valence-electron chi connectivity index (χ2n) is 8.40. The third kappa shape index (κ3) is 6.83. The molecule has 3 N–H and O–H groups in total. The highest BCUT2D eigenvalue weighted by molar-refractivity contribution is 7.93. The topological polar surface area (TPSA) is 108 Å². The van der Waals surface area contributed by atoms with E-state index in [1.807, 2.05) is 0 Å². The smallest absolute Gasteiger partial charge is 0.332 e. The third-order valence-electron chi connectivity index (χ3n) is 5.65. The molecule has 1 fully saturated rings. The number of thiophene rings is 1. The molecule has 0 atom stereocenters. The molecule has 204 valence electrons. The van der Waals surface area contributed by atoms with Crippen LogP contribution in [-0.4, -0.2) is 39.3 Å². The molecule has 0 amide bonds. The summed E-state index contributed by atoms with van der Waals surface area (Å²) >= 11 is 6.34. The fourth-order valence-corrected chi connectivity index (χ4v) is 7.74. The Morgan fingerprint density at radius 2 is 1.45 bits per heavy atom. The molecule has 0 spiro atoms. The van der Waals surface area contributed by atoms with E-state index in [1.54, 1.807) is 12.1 Å². The Morgan fingerprint density at radius 3 is 2.05 bits per heavy atom. The zero-order chi connectivity index (χ0) is 27.6. The van der Waals surface area contributed by atoms with Crippen LogP contribution in [0.2, 0.25) is 0 Å². The lowest BCUT2D eigenvalue weighted by molar-refractivity contribution is -0.137. The quantitative estimate of drug-likeness (QED) is 0.304. The average molecular weight is 605 g/mol. The van der Waals surface area contributed by atoms with E-state index < -0.39 is 31.8 Å². The van der Waals surface area contributed by atoms with Crippen molar-refractivity contribution in [2.45, 2.75) is 35.2 Å². The molecular weight excluding hydrogens is 582 g/mol. The normalized spacial score (nSPS) is 15.1. The van der Waals surface area contributed by atoms with Crippen molar-refractivity contribution in [1.82, 2.24) is 4.31 Å². The van der Waals surface area contributed by atoms with Gasteiger partial charge in [-0.15, -0.1) is 11.3 Å². The highest BCUT2D eigenvalue weighted by Gasteiger charge is 2.30. The van der Waals surface area contributed by atoms with Crippen LogP contribution in [0.1, 0.15) is 24.8 Å². The molecule has 2 heterocycles. The van der Waals surface area contributed by atoms with Gasteiger partial charge in [-0.1, -0.05) is 6.42 Å². The minimum Gasteiger partial charge on any atom is -0.332 e. The maximum absolute atomic E-state index is 12.8. The zero-order valence-corrected chi connectivity index (χ0v) is 22.9. The summed E-state index contributed by atoms with van der Waals surface area (Å²) in [6, 6.07) is 11.2. The van der Waals surface area contributed by atoms with E-state index in [9.17, 15) is 30.0 Å². The average Bonchev–Trinajstić information content (AvgIpc) is 3.34. The van der Waals surface area contributed by atoms with E-state index in [0.717, 1.165) is 54.9 Å². The van der Waals surface area contributed by atoms with Crippen molar-refractivity contribution in [2.24, 2.45) is 0 Å². The van der Waals surface area contributed by atoms with Gasteiger partial charge < -0.3 is 10.6 Å². The first-order chi connectivity index (χ1) is 17.8. The first-order valence-corrected chi connectivity index (χ1v) is 15.5. The van der Waals surface area contributed by atoms with Gasteiger partial charge in [-0.2, -0.15) is 17.5 Å². The van der Waals surface area contributed by atoms with Crippen LogP contribution in [0.15, 0.2) is 69.8 Å². The number of halogens is 3. The Bertz CT molecular complexity index is 1500. The van der Waals surface area contributed by atoms with Gasteiger partial charge in [0.15, 0.2) is 5.11 Å². The van der Waals surface area contributed by atoms with Crippen molar-refractivity contribution < 1.29 is 30.0 Å². The van der Waals surface area contributed by atoms with E-state index >= 15 is 0 Å². The van der Waals surface area contributed by atoms with Gasteiger partial charge in [0, 0.05) is 29.8 Å². The molecule has 2 aromatic carbocycles. The zero-order valence-electron chi connectivity index (χ0n) is 19.7. The molecule has 0 unspecified atom stereocenters. The molecule has 8 nitrogen and oxygen atoms in total. The molecular formula is C23H23F3N4O4S4. The van der Waals surface area contributed by atoms with Crippen LogP contribution in [-0.2, 0) is 26.2 Å². The maximum Gasteiger partial charge on any atom is 0.416 e. The Kier molecular flexibility index (Phi) is 8.32. The maximum atomic E-state index is 12.8. The summed E-state index contributed by atoms with van der Waals surface area (Å²) in [5.74, 6) is 0. The number of thiocarbonyl (C=S) groups is 1. The van der Waals surface area contributed by atoms with E-state index in [-0.39, 0.29) is 20.6 Å². The van der Waals surface area contributed by atoms with Gasteiger partial charge in [0.05, 0.1) is 15.5 Å². The van der Waals surface area contributed by atoms with Crippen LogP contribution in [0.3, 0.4) is 0 Å². The monoisotopic (exact) mass is 604 g/mol. The van der Waals surface area contributed by atoms with Crippen molar-refractivity contribution in [1.29, 1.82) is 0 Å². The summed E-state index contributed by atoms with van der Waals surface area (Å²) < 4.78 is 92.7. The fourth-order valence-electron chi connectivity index (χ4n) is 3.71. The molecule has 1 aromatic heterocycles. The van der Waals surface area contributed by atoms with Crippen molar-refractivity contribution >= 4 is 65.1 Å². The van der Waals surface area contributed by atoms with Gasteiger partial charge in [0.1, 0.15) is 4.90 Å². The summed E-state index contributed by atoms with van der Waals surface area (Å²) in [7, 11) is -7.60. The number of sulfonamides is 2. The lowest BCUT2D eigenvalue weighted by Crippen LogP contribution is -2.35. The van der Waals surface area contributed by atoms with E-state index in [4.69, 9.17) is 12.2 Å². The number of rotatable bonds is 7. The lowest BCUT2D eigenvalue weighted by atomic mass is 10.2. The molecule has 15 heteroatoms. The Balaban J connectivity index is 1.35. The number of nitrogens with one attached hydrogen (secondary N) is 3. The second-order valence-corrected chi connectivity index (χ2v) is 13.3. The molecule has 1 saturated heterocycles. The SMILES string of the molecule is O=S(=O)(Nc1ccc(C(F)(F)F)cc1)c1csc(NC(=S)Nc2ccc(S(=O)(=O)N3CCCCC3)cc2)c1. The largest absolute Gasteiger partial charge is 0.416 e. The first-order valence-electron chi connectivity index (χ1n) is 11.3. The number of nitrogens with zero attached hydrogens (tertiary/aromatic N) is 1. The Morgan fingerprint density at radius 1 is 0.842 bits per heavy atom. The van der Waals surface area contributed by atoms with E-state index in [0.29, 0.717) is 23.8 Å². The summed E-state index contributed by atoms with van der Waals surface area (Å²) in [5, 5.41) is 7.69. The summed E-state index contributed by atoms with van der Waals surface area (Å²) in [5.41, 5.74) is -0.364. The molecule has 3 aromatic rings. The van der Waals surface area contributed by atoms with Crippen LogP contribution < -0.4 is 15.4 Å². The molecule has 1 aliphatic heterocycles. The molecule has 38 heavy (non-hydrogen) atoms. The molecule has 0 bridgehead atoms. The number of hydrogen-bond donors (Lipinski definition) is 3. The van der Waals surface area contributed by atoms with Gasteiger partial charge in [0.2, 0.25) is 10.0 Å². The molecule has 0 aliphatic carbocycles. The summed E-state index contributed by atoms with van der Waals surface area (Å²) in [6.45, 7) is 1.02. The van der Waals surface area contributed by atoms with Crippen molar-refractivity contribution in [3.8, 4) is 0 Å². The van der Waals surface area contributed by atoms with Crippen LogP contribution in [0.25, 0.3) is 0 Å². The fraction of sp³-hybridized carbons (Fsp3) is 0.261.